The number of aryl methyl sites for hydroxylation is 1. The van der Waals surface area contributed by atoms with Crippen LogP contribution in [-0.2, 0) is 6.42 Å². The predicted molar refractivity (Wildman–Crippen MR) is 155 cm³/mol. The van der Waals surface area contributed by atoms with Gasteiger partial charge >= 0.3 is 0 Å². The van der Waals surface area contributed by atoms with Gasteiger partial charge in [-0.1, -0.05) is 84.3 Å². The summed E-state index contributed by atoms with van der Waals surface area (Å²) in [6.45, 7) is 16.2. The molecule has 0 aromatic heterocycles. The van der Waals surface area contributed by atoms with Crippen LogP contribution < -0.4 is 9.16 Å². The normalized spacial score (nSPS) is 21.1. The van der Waals surface area contributed by atoms with Crippen molar-refractivity contribution in [1.82, 2.24) is 0 Å². The first kappa shape index (κ1) is 28.3. The second kappa shape index (κ2) is 12.8. The highest BCUT2D eigenvalue weighted by atomic mass is 28.4. The third-order valence-electron chi connectivity index (χ3n) is 8.52. The fraction of sp³-hybridized carbons (Fsp3) is 0.750. The zero-order chi connectivity index (χ0) is 25.5. The Morgan fingerprint density at radius 2 is 1.57 bits per heavy atom. The molecule has 0 saturated carbocycles. The maximum atomic E-state index is 7.39. The summed E-state index contributed by atoms with van der Waals surface area (Å²) in [4.78, 5) is 0. The van der Waals surface area contributed by atoms with Crippen molar-refractivity contribution in [2.45, 2.75) is 149 Å². The Balaban J connectivity index is 2.05. The van der Waals surface area contributed by atoms with Crippen molar-refractivity contribution >= 4 is 8.32 Å². The van der Waals surface area contributed by atoms with Crippen LogP contribution in [0.5, 0.6) is 11.5 Å². The van der Waals surface area contributed by atoms with Gasteiger partial charge in [-0.3, -0.25) is 0 Å². The highest BCUT2D eigenvalue weighted by Gasteiger charge is 2.46. The summed E-state index contributed by atoms with van der Waals surface area (Å²) in [6, 6.07) is 8.61. The molecule has 2 nitrogen and oxygen atoms in total. The smallest absolute Gasteiger partial charge is 0.251 e. The summed E-state index contributed by atoms with van der Waals surface area (Å²) in [7, 11) is -1.85. The highest BCUT2D eigenvalue weighted by Crippen LogP contribution is 2.54. The lowest BCUT2D eigenvalue weighted by Gasteiger charge is -2.47. The molecule has 35 heavy (non-hydrogen) atoms. The van der Waals surface area contributed by atoms with E-state index in [0.717, 1.165) is 12.2 Å². The van der Waals surface area contributed by atoms with Crippen molar-refractivity contribution in [3.63, 3.8) is 0 Å². The molecule has 0 unspecified atom stereocenters. The predicted octanol–water partition coefficient (Wildman–Crippen LogP) is 10.4. The van der Waals surface area contributed by atoms with Crippen molar-refractivity contribution in [2.24, 2.45) is 5.92 Å². The number of allylic oxidation sites excluding steroid dienone is 2. The second-order valence-corrected chi connectivity index (χ2v) is 16.2. The summed E-state index contributed by atoms with van der Waals surface area (Å²) in [6.07, 6.45) is 16.3. The fourth-order valence-electron chi connectivity index (χ4n) is 6.85. The van der Waals surface area contributed by atoms with Crippen molar-refractivity contribution in [3.05, 3.63) is 34.9 Å². The van der Waals surface area contributed by atoms with Gasteiger partial charge in [0.2, 0.25) is 0 Å². The van der Waals surface area contributed by atoms with Crippen LogP contribution in [0.2, 0.25) is 18.1 Å². The van der Waals surface area contributed by atoms with Gasteiger partial charge in [0.1, 0.15) is 17.1 Å². The van der Waals surface area contributed by atoms with Gasteiger partial charge in [0.05, 0.1) is 0 Å². The van der Waals surface area contributed by atoms with Crippen LogP contribution in [0.1, 0.15) is 130 Å². The lowest BCUT2D eigenvalue weighted by Crippen LogP contribution is -2.46. The molecule has 1 aliphatic carbocycles. The van der Waals surface area contributed by atoms with Gasteiger partial charge in [-0.15, -0.1) is 0 Å². The molecule has 3 rings (SSSR count). The van der Waals surface area contributed by atoms with Crippen LogP contribution in [0.25, 0.3) is 0 Å². The molecular weight excluding hydrogens is 444 g/mol. The molecule has 2 atom stereocenters. The molecule has 0 radical (unpaired) electrons. The maximum Gasteiger partial charge on any atom is 0.251 e. The van der Waals surface area contributed by atoms with Crippen molar-refractivity contribution < 1.29 is 9.16 Å². The number of hydrogen-bond acceptors (Lipinski definition) is 2. The topological polar surface area (TPSA) is 18.5 Å². The third kappa shape index (κ3) is 6.96. The van der Waals surface area contributed by atoms with Gasteiger partial charge in [0.25, 0.3) is 8.32 Å². The average molecular weight is 499 g/mol. The zero-order valence-corrected chi connectivity index (χ0v) is 25.1. The monoisotopic (exact) mass is 498 g/mol. The van der Waals surface area contributed by atoms with E-state index in [2.05, 4.69) is 66.7 Å². The summed E-state index contributed by atoms with van der Waals surface area (Å²) < 4.78 is 14.2. The highest BCUT2D eigenvalue weighted by molar-refractivity contribution is 6.74. The van der Waals surface area contributed by atoms with Gasteiger partial charge in [0.15, 0.2) is 0 Å². The molecule has 198 valence electrons. The first-order valence-electron chi connectivity index (χ1n) is 15.0. The standard InChI is InChI=1S/C32H54O2Si/c1-8-12-13-14-15-16-26-23-29-31(27-22-25(5)17-18-28(27)32(6,7)33-29)30(24-26)34-35(19-9-2,20-10-3)21-11-4/h22-24,27-28H,8-21H2,1-7H3/t27-,28-/m0/s1. The van der Waals surface area contributed by atoms with Crippen molar-refractivity contribution in [1.29, 1.82) is 0 Å². The van der Waals surface area contributed by atoms with Crippen LogP contribution in [-0.4, -0.2) is 13.9 Å². The van der Waals surface area contributed by atoms with Gasteiger partial charge in [-0.05, 0) is 82.3 Å². The first-order chi connectivity index (χ1) is 16.8. The van der Waals surface area contributed by atoms with E-state index in [1.807, 2.05) is 0 Å². The third-order valence-corrected chi connectivity index (χ3v) is 13.4. The molecule has 0 fully saturated rings. The van der Waals surface area contributed by atoms with Gasteiger partial charge < -0.3 is 9.16 Å². The van der Waals surface area contributed by atoms with Gasteiger partial charge in [-0.25, -0.2) is 0 Å². The van der Waals surface area contributed by atoms with E-state index in [9.17, 15) is 0 Å². The zero-order valence-electron chi connectivity index (χ0n) is 24.1. The number of unbranched alkanes of at least 4 members (excludes halogenated alkanes) is 4. The number of fused-ring (bicyclic) bond motifs is 3. The Bertz CT molecular complexity index is 823. The molecule has 0 amide bonds. The second-order valence-electron chi connectivity index (χ2n) is 12.1. The summed E-state index contributed by atoms with van der Waals surface area (Å²) >= 11 is 0. The Labute approximate surface area is 218 Å². The Morgan fingerprint density at radius 1 is 0.914 bits per heavy atom. The van der Waals surface area contributed by atoms with Crippen LogP contribution in [0, 0.1) is 5.92 Å². The van der Waals surface area contributed by atoms with E-state index in [1.54, 1.807) is 0 Å². The average Bonchev–Trinajstić information content (AvgIpc) is 2.78. The van der Waals surface area contributed by atoms with Gasteiger partial charge in [-0.2, -0.15) is 0 Å². The van der Waals surface area contributed by atoms with E-state index < -0.39 is 8.32 Å². The SMILES string of the molecule is CCCCCCCc1cc2c(c(O[Si](CCC)(CCC)CCC)c1)[C@H]1C=C(C)CC[C@@H]1C(C)(C)O2. The quantitative estimate of drug-likeness (QED) is 0.144. The van der Waals surface area contributed by atoms with E-state index >= 15 is 0 Å². The van der Waals surface area contributed by atoms with E-state index in [1.165, 1.54) is 105 Å². The molecule has 0 bridgehead atoms. The van der Waals surface area contributed by atoms with E-state index in [-0.39, 0.29) is 5.60 Å². The Kier molecular flexibility index (Phi) is 10.4. The molecule has 1 aromatic rings. The van der Waals surface area contributed by atoms with Crippen LogP contribution in [0.15, 0.2) is 23.8 Å². The summed E-state index contributed by atoms with van der Waals surface area (Å²) in [5.74, 6) is 3.22. The molecule has 2 aliphatic rings. The molecule has 0 saturated heterocycles. The first-order valence-corrected chi connectivity index (χ1v) is 17.5. The molecule has 0 spiro atoms. The Morgan fingerprint density at radius 3 is 2.20 bits per heavy atom. The number of benzene rings is 1. The molecule has 3 heteroatoms. The van der Waals surface area contributed by atoms with E-state index in [0.29, 0.717) is 11.8 Å². The number of ether oxygens (including phenoxy) is 1. The van der Waals surface area contributed by atoms with Crippen LogP contribution in [0.4, 0.5) is 0 Å². The van der Waals surface area contributed by atoms with Crippen LogP contribution >= 0.6 is 0 Å². The molecule has 0 N–H and O–H groups in total. The minimum Gasteiger partial charge on any atom is -0.543 e. The van der Waals surface area contributed by atoms with Gasteiger partial charge in [0, 0.05) is 17.4 Å². The van der Waals surface area contributed by atoms with Crippen molar-refractivity contribution in [3.8, 4) is 11.5 Å². The minimum absolute atomic E-state index is 0.142. The fourth-order valence-corrected chi connectivity index (χ4v) is 11.3. The van der Waals surface area contributed by atoms with Crippen LogP contribution in [0.3, 0.4) is 0 Å². The van der Waals surface area contributed by atoms with E-state index in [4.69, 9.17) is 9.16 Å². The molecule has 1 aliphatic heterocycles. The summed E-state index contributed by atoms with van der Waals surface area (Å²) in [5, 5.41) is 0. The largest absolute Gasteiger partial charge is 0.543 e. The lowest BCUT2D eigenvalue weighted by atomic mass is 9.68. The number of rotatable bonds is 14. The number of hydrogen-bond donors (Lipinski definition) is 0. The lowest BCUT2D eigenvalue weighted by molar-refractivity contribution is 0.0110. The minimum atomic E-state index is -1.85. The Hall–Kier alpha value is -1.22. The molecule has 1 heterocycles. The maximum absolute atomic E-state index is 7.39. The molecular formula is C32H54O2Si. The summed E-state index contributed by atoms with van der Waals surface area (Å²) in [5.41, 5.74) is 4.16. The molecule has 1 aromatic carbocycles. The van der Waals surface area contributed by atoms with Crippen molar-refractivity contribution in [2.75, 3.05) is 0 Å².